The van der Waals surface area contributed by atoms with Gasteiger partial charge in [-0.1, -0.05) is 6.58 Å². The van der Waals surface area contributed by atoms with Crippen molar-refractivity contribution in [1.82, 2.24) is 10.2 Å². The Balaban J connectivity index is 2.11. The summed E-state index contributed by atoms with van der Waals surface area (Å²) in [5, 5.41) is 3.14. The van der Waals surface area contributed by atoms with E-state index in [0.717, 1.165) is 25.4 Å². The molecule has 1 aliphatic rings. The highest BCUT2D eigenvalue weighted by Gasteiger charge is 2.18. The van der Waals surface area contributed by atoms with E-state index in [4.69, 9.17) is 4.74 Å². The molecule has 0 saturated carbocycles. The Hall–Kier alpha value is -0.540. The summed E-state index contributed by atoms with van der Waals surface area (Å²) >= 11 is 0. The topological polar surface area (TPSA) is 24.5 Å². The molecule has 1 rings (SSSR count). The molecule has 1 aliphatic heterocycles. The van der Waals surface area contributed by atoms with Crippen LogP contribution in [0.1, 0.15) is 25.7 Å². The zero-order valence-electron chi connectivity index (χ0n) is 10.8. The summed E-state index contributed by atoms with van der Waals surface area (Å²) in [5.74, 6) is 0.832. The van der Waals surface area contributed by atoms with Crippen molar-refractivity contribution in [1.29, 1.82) is 0 Å². The molecule has 0 amide bonds. The fourth-order valence-corrected chi connectivity index (χ4v) is 2.30. The molecule has 0 aromatic rings. The number of ether oxygens (including phenoxy) is 1. The first-order chi connectivity index (χ1) is 7.76. The van der Waals surface area contributed by atoms with Crippen LogP contribution in [0.15, 0.2) is 12.3 Å². The molecule has 0 bridgehead atoms. The standard InChI is InChI=1S/C13H26N2O/c1-12(14-2)11-13-5-8-15(9-6-13)7-4-10-16-3/h13-14H,1,4-11H2,2-3H3. The highest BCUT2D eigenvalue weighted by Crippen LogP contribution is 2.22. The predicted molar refractivity (Wildman–Crippen MR) is 68.5 cm³/mol. The van der Waals surface area contributed by atoms with Gasteiger partial charge in [-0.2, -0.15) is 0 Å². The van der Waals surface area contributed by atoms with E-state index in [9.17, 15) is 0 Å². The number of piperidine rings is 1. The quantitative estimate of drug-likeness (QED) is 0.671. The fourth-order valence-electron chi connectivity index (χ4n) is 2.30. The van der Waals surface area contributed by atoms with E-state index < -0.39 is 0 Å². The molecule has 3 heteroatoms. The third-order valence-electron chi connectivity index (χ3n) is 3.42. The molecule has 3 nitrogen and oxygen atoms in total. The van der Waals surface area contributed by atoms with E-state index in [1.54, 1.807) is 7.11 Å². The third-order valence-corrected chi connectivity index (χ3v) is 3.42. The molecular weight excluding hydrogens is 200 g/mol. The van der Waals surface area contributed by atoms with Gasteiger partial charge >= 0.3 is 0 Å². The number of methoxy groups -OCH3 is 1. The van der Waals surface area contributed by atoms with Crippen LogP contribution in [0.2, 0.25) is 0 Å². The number of hydrogen-bond acceptors (Lipinski definition) is 3. The van der Waals surface area contributed by atoms with Crippen LogP contribution in [0.3, 0.4) is 0 Å². The molecule has 1 heterocycles. The minimum atomic E-state index is 0.832. The molecule has 0 spiro atoms. The predicted octanol–water partition coefficient (Wildman–Crippen LogP) is 1.86. The monoisotopic (exact) mass is 226 g/mol. The van der Waals surface area contributed by atoms with Crippen LogP contribution in [0.4, 0.5) is 0 Å². The molecule has 1 saturated heterocycles. The second-order valence-corrected chi connectivity index (χ2v) is 4.69. The molecule has 1 fully saturated rings. The lowest BCUT2D eigenvalue weighted by Gasteiger charge is -2.32. The lowest BCUT2D eigenvalue weighted by molar-refractivity contribution is 0.146. The maximum absolute atomic E-state index is 5.07. The van der Waals surface area contributed by atoms with Crippen molar-refractivity contribution in [2.24, 2.45) is 5.92 Å². The minimum absolute atomic E-state index is 0.832. The van der Waals surface area contributed by atoms with Crippen molar-refractivity contribution >= 4 is 0 Å². The van der Waals surface area contributed by atoms with Gasteiger partial charge < -0.3 is 15.0 Å². The van der Waals surface area contributed by atoms with Gasteiger partial charge in [-0.3, -0.25) is 0 Å². The van der Waals surface area contributed by atoms with E-state index in [0.29, 0.717) is 0 Å². The molecule has 16 heavy (non-hydrogen) atoms. The Morgan fingerprint density at radius 2 is 2.12 bits per heavy atom. The Labute approximate surface area is 99.8 Å². The Bertz CT molecular complexity index is 198. The van der Waals surface area contributed by atoms with Gasteiger partial charge in [0.1, 0.15) is 0 Å². The van der Waals surface area contributed by atoms with Crippen LogP contribution in [-0.4, -0.2) is 45.3 Å². The maximum Gasteiger partial charge on any atom is 0.0474 e. The highest BCUT2D eigenvalue weighted by atomic mass is 16.5. The van der Waals surface area contributed by atoms with Crippen molar-refractivity contribution in [2.45, 2.75) is 25.7 Å². The Morgan fingerprint density at radius 1 is 1.44 bits per heavy atom. The smallest absolute Gasteiger partial charge is 0.0474 e. The van der Waals surface area contributed by atoms with Crippen molar-refractivity contribution in [3.63, 3.8) is 0 Å². The van der Waals surface area contributed by atoms with Crippen LogP contribution < -0.4 is 5.32 Å². The van der Waals surface area contributed by atoms with E-state index in [-0.39, 0.29) is 0 Å². The van der Waals surface area contributed by atoms with E-state index in [2.05, 4.69) is 16.8 Å². The van der Waals surface area contributed by atoms with Crippen LogP contribution in [0, 0.1) is 5.92 Å². The van der Waals surface area contributed by atoms with Crippen molar-refractivity contribution in [2.75, 3.05) is 40.4 Å². The minimum Gasteiger partial charge on any atom is -0.392 e. The first-order valence-electron chi connectivity index (χ1n) is 6.33. The SMILES string of the molecule is C=C(CC1CCN(CCCOC)CC1)NC. The number of nitrogens with zero attached hydrogens (tertiary/aromatic N) is 1. The average Bonchev–Trinajstić information content (AvgIpc) is 2.31. The van der Waals surface area contributed by atoms with Gasteiger partial charge in [0.25, 0.3) is 0 Å². The number of allylic oxidation sites excluding steroid dienone is 1. The zero-order valence-corrected chi connectivity index (χ0v) is 10.8. The summed E-state index contributed by atoms with van der Waals surface area (Å²) in [4.78, 5) is 2.55. The number of rotatable bonds is 7. The molecule has 0 aromatic carbocycles. The normalized spacial score (nSPS) is 18.6. The van der Waals surface area contributed by atoms with Gasteiger partial charge in [0, 0.05) is 33.0 Å². The first kappa shape index (κ1) is 13.5. The molecule has 0 radical (unpaired) electrons. The van der Waals surface area contributed by atoms with E-state index in [1.807, 2.05) is 7.05 Å². The molecule has 1 N–H and O–H groups in total. The maximum atomic E-state index is 5.07. The van der Waals surface area contributed by atoms with Crippen LogP contribution in [-0.2, 0) is 4.74 Å². The zero-order chi connectivity index (χ0) is 11.8. The van der Waals surface area contributed by atoms with Crippen LogP contribution in [0.5, 0.6) is 0 Å². The molecule has 0 atom stereocenters. The summed E-state index contributed by atoms with van der Waals surface area (Å²) in [6.07, 6.45) is 4.92. The van der Waals surface area contributed by atoms with Gasteiger partial charge in [-0.25, -0.2) is 0 Å². The van der Waals surface area contributed by atoms with Gasteiger partial charge in [-0.05, 0) is 44.7 Å². The van der Waals surface area contributed by atoms with Crippen molar-refractivity contribution < 1.29 is 4.74 Å². The van der Waals surface area contributed by atoms with Crippen molar-refractivity contribution in [3.05, 3.63) is 12.3 Å². The third kappa shape index (κ3) is 4.99. The van der Waals surface area contributed by atoms with E-state index >= 15 is 0 Å². The van der Waals surface area contributed by atoms with E-state index in [1.165, 1.54) is 38.2 Å². The summed E-state index contributed by atoms with van der Waals surface area (Å²) in [6.45, 7) is 8.56. The fraction of sp³-hybridized carbons (Fsp3) is 0.846. The summed E-state index contributed by atoms with van der Waals surface area (Å²) in [7, 11) is 3.73. The number of likely N-dealkylation sites (tertiary alicyclic amines) is 1. The van der Waals surface area contributed by atoms with Gasteiger partial charge in [0.15, 0.2) is 0 Å². The van der Waals surface area contributed by atoms with Crippen LogP contribution >= 0.6 is 0 Å². The number of hydrogen-bond donors (Lipinski definition) is 1. The molecule has 0 aliphatic carbocycles. The Morgan fingerprint density at radius 3 is 2.69 bits per heavy atom. The lowest BCUT2D eigenvalue weighted by Crippen LogP contribution is -2.35. The van der Waals surface area contributed by atoms with Gasteiger partial charge in [0.05, 0.1) is 0 Å². The second-order valence-electron chi connectivity index (χ2n) is 4.69. The summed E-state index contributed by atoms with van der Waals surface area (Å²) < 4.78 is 5.07. The second kappa shape index (κ2) is 7.69. The first-order valence-corrected chi connectivity index (χ1v) is 6.33. The molecular formula is C13H26N2O. The Kier molecular flexibility index (Phi) is 6.50. The molecule has 94 valence electrons. The van der Waals surface area contributed by atoms with Gasteiger partial charge in [0.2, 0.25) is 0 Å². The number of nitrogens with one attached hydrogen (secondary N) is 1. The molecule has 0 unspecified atom stereocenters. The van der Waals surface area contributed by atoms with Gasteiger partial charge in [-0.15, -0.1) is 0 Å². The molecule has 0 aromatic heterocycles. The summed E-state index contributed by atoms with van der Waals surface area (Å²) in [6, 6.07) is 0. The average molecular weight is 226 g/mol. The highest BCUT2D eigenvalue weighted by molar-refractivity contribution is 4.92. The lowest BCUT2D eigenvalue weighted by atomic mass is 9.92. The van der Waals surface area contributed by atoms with Crippen molar-refractivity contribution in [3.8, 4) is 0 Å². The summed E-state index contributed by atoms with van der Waals surface area (Å²) in [5.41, 5.74) is 1.18. The van der Waals surface area contributed by atoms with Crippen LogP contribution in [0.25, 0.3) is 0 Å². The largest absolute Gasteiger partial charge is 0.392 e.